The Hall–Kier alpha value is -4.54. The summed E-state index contributed by atoms with van der Waals surface area (Å²) in [5, 5.41) is 24.5. The lowest BCUT2D eigenvalue weighted by Crippen LogP contribution is -2.58. The number of H-pyrrole nitrogens is 1. The number of carbonyl (C=O) groups is 7. The van der Waals surface area contributed by atoms with Gasteiger partial charge in [-0.3, -0.25) is 28.8 Å². The number of aromatic nitrogens is 2. The summed E-state index contributed by atoms with van der Waals surface area (Å²) in [5.74, 6) is -7.82. The summed E-state index contributed by atoms with van der Waals surface area (Å²) in [4.78, 5) is 89.1. The molecule has 0 aliphatic carbocycles. The number of hydrogen-bond acceptors (Lipinski definition) is 9. The third kappa shape index (κ3) is 10.6. The van der Waals surface area contributed by atoms with Crippen LogP contribution in [0.2, 0.25) is 0 Å². The highest BCUT2D eigenvalue weighted by atomic mass is 16.4. The number of hydrogen-bond donors (Lipinski definition) is 9. The average molecular weight is 512 g/mol. The minimum absolute atomic E-state index is 0.173. The molecule has 1 aromatic heterocycles. The van der Waals surface area contributed by atoms with E-state index in [1.807, 2.05) is 5.32 Å². The molecule has 17 nitrogen and oxygen atoms in total. The summed E-state index contributed by atoms with van der Waals surface area (Å²) in [7, 11) is 0. The molecule has 4 atom stereocenters. The molecule has 17 heteroatoms. The van der Waals surface area contributed by atoms with Gasteiger partial charge in [0.2, 0.25) is 29.5 Å². The smallest absolute Gasteiger partial charge is 0.326 e. The fourth-order valence-electron chi connectivity index (χ4n) is 2.87. The highest BCUT2D eigenvalue weighted by Crippen LogP contribution is 2.04. The van der Waals surface area contributed by atoms with E-state index in [-0.39, 0.29) is 12.8 Å². The van der Waals surface area contributed by atoms with Crippen LogP contribution in [0, 0.1) is 0 Å². The van der Waals surface area contributed by atoms with Crippen LogP contribution in [-0.2, 0) is 40.0 Å². The summed E-state index contributed by atoms with van der Waals surface area (Å²) < 4.78 is 0. The van der Waals surface area contributed by atoms with Crippen molar-refractivity contribution in [3.63, 3.8) is 0 Å². The Balaban J connectivity index is 3.06. The Bertz CT molecular complexity index is 982. The second kappa shape index (κ2) is 14.0. The predicted molar refractivity (Wildman–Crippen MR) is 118 cm³/mol. The first-order chi connectivity index (χ1) is 16.8. The number of amides is 5. The third-order valence-corrected chi connectivity index (χ3v) is 4.68. The second-order valence-electron chi connectivity index (χ2n) is 7.68. The summed E-state index contributed by atoms with van der Waals surface area (Å²) >= 11 is 0. The molecule has 4 unspecified atom stereocenters. The molecule has 0 spiro atoms. The SMILES string of the molecule is NC(=O)CC(NC(=O)C(CC(N)=O)NC(=O)C(Cc1cnc[nH]1)NC(=O)C(N)CCC(=O)O)C(=O)O. The van der Waals surface area contributed by atoms with Crippen LogP contribution >= 0.6 is 0 Å². The van der Waals surface area contributed by atoms with Crippen molar-refractivity contribution in [2.24, 2.45) is 17.2 Å². The molecule has 36 heavy (non-hydrogen) atoms. The first-order valence-corrected chi connectivity index (χ1v) is 10.4. The fraction of sp³-hybridized carbons (Fsp3) is 0.474. The van der Waals surface area contributed by atoms with Crippen molar-refractivity contribution in [3.05, 3.63) is 18.2 Å². The molecule has 1 heterocycles. The molecule has 0 aliphatic heterocycles. The third-order valence-electron chi connectivity index (χ3n) is 4.68. The molecule has 0 bridgehead atoms. The lowest BCUT2D eigenvalue weighted by atomic mass is 10.1. The monoisotopic (exact) mass is 512 g/mol. The number of carboxylic acids is 2. The van der Waals surface area contributed by atoms with Crippen LogP contribution in [0.15, 0.2) is 12.5 Å². The molecule has 0 radical (unpaired) electrons. The van der Waals surface area contributed by atoms with Gasteiger partial charge in [0, 0.05) is 24.7 Å². The van der Waals surface area contributed by atoms with Gasteiger partial charge in [-0.15, -0.1) is 0 Å². The van der Waals surface area contributed by atoms with Gasteiger partial charge in [0.05, 0.1) is 25.2 Å². The van der Waals surface area contributed by atoms with E-state index in [1.54, 1.807) is 0 Å². The molecular formula is C19H28N8O9. The highest BCUT2D eigenvalue weighted by Gasteiger charge is 2.32. The number of aromatic amines is 1. The Morgan fingerprint density at radius 3 is 1.89 bits per heavy atom. The number of nitrogens with two attached hydrogens (primary N) is 3. The van der Waals surface area contributed by atoms with Crippen LogP contribution in [-0.4, -0.2) is 85.8 Å². The quantitative estimate of drug-likeness (QED) is 0.101. The van der Waals surface area contributed by atoms with Gasteiger partial charge in [-0.2, -0.15) is 0 Å². The normalized spacial score (nSPS) is 13.9. The van der Waals surface area contributed by atoms with E-state index >= 15 is 0 Å². The van der Waals surface area contributed by atoms with E-state index in [0.29, 0.717) is 5.69 Å². The van der Waals surface area contributed by atoms with Crippen LogP contribution < -0.4 is 33.2 Å². The van der Waals surface area contributed by atoms with Crippen molar-refractivity contribution < 1.29 is 43.8 Å². The zero-order valence-corrected chi connectivity index (χ0v) is 18.9. The van der Waals surface area contributed by atoms with Crippen molar-refractivity contribution in [1.82, 2.24) is 25.9 Å². The number of carbonyl (C=O) groups excluding carboxylic acids is 5. The van der Waals surface area contributed by atoms with Crippen LogP contribution in [0.1, 0.15) is 31.4 Å². The first-order valence-electron chi connectivity index (χ1n) is 10.4. The van der Waals surface area contributed by atoms with Crippen LogP contribution in [0.3, 0.4) is 0 Å². The van der Waals surface area contributed by atoms with E-state index in [4.69, 9.17) is 22.3 Å². The largest absolute Gasteiger partial charge is 0.481 e. The summed E-state index contributed by atoms with van der Waals surface area (Å²) in [6.07, 6.45) is 0.359. The van der Waals surface area contributed by atoms with Crippen molar-refractivity contribution in [2.75, 3.05) is 0 Å². The molecule has 0 aromatic carbocycles. The van der Waals surface area contributed by atoms with E-state index in [9.17, 15) is 38.7 Å². The maximum Gasteiger partial charge on any atom is 0.326 e. The van der Waals surface area contributed by atoms with Crippen LogP contribution in [0.5, 0.6) is 0 Å². The van der Waals surface area contributed by atoms with E-state index in [0.717, 1.165) is 0 Å². The van der Waals surface area contributed by atoms with Crippen LogP contribution in [0.4, 0.5) is 0 Å². The number of nitrogens with zero attached hydrogens (tertiary/aromatic N) is 1. The van der Waals surface area contributed by atoms with E-state index in [2.05, 4.69) is 20.6 Å². The minimum atomic E-state index is -1.74. The van der Waals surface area contributed by atoms with Gasteiger partial charge in [0.15, 0.2) is 0 Å². The molecule has 5 amide bonds. The molecule has 1 aromatic rings. The maximum absolute atomic E-state index is 13.0. The van der Waals surface area contributed by atoms with Crippen LogP contribution in [0.25, 0.3) is 0 Å². The fourth-order valence-corrected chi connectivity index (χ4v) is 2.87. The molecule has 0 saturated carbocycles. The number of imidazole rings is 1. The molecule has 1 rings (SSSR count). The molecule has 0 saturated heterocycles. The van der Waals surface area contributed by atoms with Gasteiger partial charge in [-0.1, -0.05) is 0 Å². The Kier molecular flexibility index (Phi) is 11.5. The molecule has 0 fully saturated rings. The van der Waals surface area contributed by atoms with Gasteiger partial charge >= 0.3 is 11.9 Å². The molecule has 12 N–H and O–H groups in total. The van der Waals surface area contributed by atoms with Gasteiger partial charge in [0.1, 0.15) is 18.1 Å². The topological polar surface area (TPSA) is 303 Å². The van der Waals surface area contributed by atoms with Gasteiger partial charge in [-0.25, -0.2) is 9.78 Å². The van der Waals surface area contributed by atoms with Crippen molar-refractivity contribution in [2.45, 2.75) is 56.3 Å². The molecular weight excluding hydrogens is 484 g/mol. The Morgan fingerprint density at radius 2 is 1.39 bits per heavy atom. The Morgan fingerprint density at radius 1 is 0.861 bits per heavy atom. The highest BCUT2D eigenvalue weighted by molar-refractivity contribution is 5.96. The first kappa shape index (κ1) is 29.5. The zero-order chi connectivity index (χ0) is 27.4. The molecule has 198 valence electrons. The zero-order valence-electron chi connectivity index (χ0n) is 18.9. The number of nitrogens with one attached hydrogen (secondary N) is 4. The second-order valence-corrected chi connectivity index (χ2v) is 7.68. The van der Waals surface area contributed by atoms with Gasteiger partial charge in [0.25, 0.3) is 0 Å². The van der Waals surface area contributed by atoms with E-state index in [1.165, 1.54) is 12.5 Å². The van der Waals surface area contributed by atoms with Gasteiger partial charge in [-0.05, 0) is 6.42 Å². The summed E-state index contributed by atoms with van der Waals surface area (Å²) in [5.41, 5.74) is 16.2. The lowest BCUT2D eigenvalue weighted by Gasteiger charge is -2.24. The summed E-state index contributed by atoms with van der Waals surface area (Å²) in [6, 6.07) is -6.06. The maximum atomic E-state index is 13.0. The standard InChI is InChI=1S/C19H28N8O9/c20-9(1-2-15(30)31)16(32)25-10(3-8-6-23-7-24-8)17(33)26-11(4-13(21)28)18(34)27-12(19(35)36)5-14(22)29/h6-7,9-12H,1-5,20H2,(H2,21,28)(H2,22,29)(H,23,24)(H,25,32)(H,26,33)(H,27,34)(H,30,31)(H,35,36). The molecule has 0 aliphatic rings. The number of rotatable bonds is 16. The number of carboxylic acid groups (broad SMARTS) is 2. The number of primary amides is 2. The Labute approximate surface area is 203 Å². The summed E-state index contributed by atoms with van der Waals surface area (Å²) in [6.45, 7) is 0. The van der Waals surface area contributed by atoms with Crippen molar-refractivity contribution >= 4 is 41.5 Å². The predicted octanol–water partition coefficient (Wildman–Crippen LogP) is -4.57. The lowest BCUT2D eigenvalue weighted by molar-refractivity contribution is -0.144. The average Bonchev–Trinajstić information content (AvgIpc) is 3.28. The number of aliphatic carboxylic acids is 2. The van der Waals surface area contributed by atoms with Gasteiger partial charge < -0.3 is 48.3 Å². The van der Waals surface area contributed by atoms with E-state index < -0.39 is 84.9 Å². The van der Waals surface area contributed by atoms with Crippen molar-refractivity contribution in [1.29, 1.82) is 0 Å². The minimum Gasteiger partial charge on any atom is -0.481 e. The van der Waals surface area contributed by atoms with Crippen molar-refractivity contribution in [3.8, 4) is 0 Å².